The summed E-state index contributed by atoms with van der Waals surface area (Å²) in [5.41, 5.74) is -0.678. The third-order valence-electron chi connectivity index (χ3n) is 2.69. The lowest BCUT2D eigenvalue weighted by atomic mass is 10.2. The Bertz CT molecular complexity index is 382. The van der Waals surface area contributed by atoms with Gasteiger partial charge in [-0.2, -0.15) is 0 Å². The minimum absolute atomic E-state index is 0.127. The largest absolute Gasteiger partial charge is 0.569 e. The molecule has 1 rings (SSSR count). The summed E-state index contributed by atoms with van der Waals surface area (Å²) in [6.45, 7) is 6.87. The molecule has 0 amide bonds. The van der Waals surface area contributed by atoms with Crippen molar-refractivity contribution in [3.63, 3.8) is 0 Å². The van der Waals surface area contributed by atoms with E-state index in [2.05, 4.69) is 5.28 Å². The first-order valence-corrected chi connectivity index (χ1v) is 6.84. The van der Waals surface area contributed by atoms with Crippen molar-refractivity contribution in [3.05, 3.63) is 5.21 Å². The molecular formula is C12H23N3O6. The maximum Gasteiger partial charge on any atom is 0.511 e. The van der Waals surface area contributed by atoms with Crippen LogP contribution in [-0.4, -0.2) is 52.3 Å². The van der Waals surface area contributed by atoms with Gasteiger partial charge in [-0.05, 0) is 33.6 Å². The average molecular weight is 305 g/mol. The van der Waals surface area contributed by atoms with Crippen LogP contribution in [0.2, 0.25) is 0 Å². The molecule has 1 aliphatic heterocycles. The Kier molecular flexibility index (Phi) is 6.01. The number of hydrogen-bond donors (Lipinski definition) is 1. The Balaban J connectivity index is 2.42. The first-order chi connectivity index (χ1) is 9.73. The van der Waals surface area contributed by atoms with Crippen molar-refractivity contribution in [3.8, 4) is 0 Å². The van der Waals surface area contributed by atoms with Gasteiger partial charge in [-0.1, -0.05) is 0 Å². The molecule has 0 saturated carbocycles. The van der Waals surface area contributed by atoms with Gasteiger partial charge in [-0.3, -0.25) is 4.84 Å². The monoisotopic (exact) mass is 305 g/mol. The van der Waals surface area contributed by atoms with Crippen molar-refractivity contribution >= 4 is 6.16 Å². The minimum atomic E-state index is -1.06. The van der Waals surface area contributed by atoms with E-state index in [0.29, 0.717) is 13.0 Å². The van der Waals surface area contributed by atoms with Gasteiger partial charge in [0.1, 0.15) is 11.6 Å². The van der Waals surface area contributed by atoms with Crippen molar-refractivity contribution in [2.45, 2.75) is 58.5 Å². The second kappa shape index (κ2) is 7.30. The van der Waals surface area contributed by atoms with Crippen LogP contribution in [-0.2, 0) is 14.3 Å². The highest BCUT2D eigenvalue weighted by Gasteiger charge is 2.30. The summed E-state index contributed by atoms with van der Waals surface area (Å²) in [6, 6.07) is -0.267. The maximum absolute atomic E-state index is 11.7. The van der Waals surface area contributed by atoms with E-state index in [1.807, 2.05) is 0 Å². The van der Waals surface area contributed by atoms with Crippen LogP contribution in [0.4, 0.5) is 4.79 Å². The van der Waals surface area contributed by atoms with Crippen LogP contribution in [0.5, 0.6) is 0 Å². The molecule has 2 atom stereocenters. The van der Waals surface area contributed by atoms with Gasteiger partial charge in [0, 0.05) is 6.92 Å². The van der Waals surface area contributed by atoms with Crippen molar-refractivity contribution in [1.29, 1.82) is 0 Å². The van der Waals surface area contributed by atoms with Crippen LogP contribution in [0.15, 0.2) is 5.28 Å². The summed E-state index contributed by atoms with van der Waals surface area (Å²) < 4.78 is 9.71. The number of carbonyl (C=O) groups is 1. The van der Waals surface area contributed by atoms with Crippen LogP contribution < -0.4 is 0 Å². The van der Waals surface area contributed by atoms with Gasteiger partial charge in [0.2, 0.25) is 5.28 Å². The predicted molar refractivity (Wildman–Crippen MR) is 70.7 cm³/mol. The topological polar surface area (TPSA) is 107 Å². The highest BCUT2D eigenvalue weighted by atomic mass is 16.8. The molecule has 1 fully saturated rings. The molecule has 0 aliphatic carbocycles. The van der Waals surface area contributed by atoms with E-state index < -0.39 is 18.0 Å². The van der Waals surface area contributed by atoms with Crippen molar-refractivity contribution in [2.24, 2.45) is 5.28 Å². The Morgan fingerprint density at radius 3 is 2.81 bits per heavy atom. The lowest BCUT2D eigenvalue weighted by Crippen LogP contribution is -2.37. The van der Waals surface area contributed by atoms with Gasteiger partial charge < -0.3 is 19.8 Å². The van der Waals surface area contributed by atoms with E-state index in [1.54, 1.807) is 20.8 Å². The summed E-state index contributed by atoms with van der Waals surface area (Å²) >= 11 is 0. The zero-order chi connectivity index (χ0) is 16.0. The maximum atomic E-state index is 11.7. The van der Waals surface area contributed by atoms with Gasteiger partial charge in [-0.25, -0.2) is 4.79 Å². The number of ether oxygens (including phenoxy) is 2. The summed E-state index contributed by atoms with van der Waals surface area (Å²) in [4.78, 5) is 16.4. The highest BCUT2D eigenvalue weighted by molar-refractivity contribution is 5.60. The molecule has 1 aliphatic rings. The molecule has 122 valence electrons. The Labute approximate surface area is 123 Å². The molecule has 1 unspecified atom stereocenters. The molecule has 9 heteroatoms. The standard InChI is InChI=1S/C12H23N3O6/c1-9(19-11(17)20-12(2,3)4)21-13-15(18)14-7-5-6-10(14)8-16/h9-10,16H,5-8H2,1-4H3/b15-13-/t9?,10-/m0/s1. The van der Waals surface area contributed by atoms with Crippen molar-refractivity contribution in [1.82, 2.24) is 5.01 Å². The number of rotatable bonds is 5. The van der Waals surface area contributed by atoms with Crippen LogP contribution in [0.25, 0.3) is 0 Å². The lowest BCUT2D eigenvalue weighted by Gasteiger charge is -2.20. The van der Waals surface area contributed by atoms with E-state index >= 15 is 0 Å². The Hall–Kier alpha value is -1.77. The predicted octanol–water partition coefficient (Wildman–Crippen LogP) is 1.55. The molecule has 0 spiro atoms. The first kappa shape index (κ1) is 17.3. The lowest BCUT2D eigenvalue weighted by molar-refractivity contribution is -0.716. The quantitative estimate of drug-likeness (QED) is 0.270. The molecule has 0 bridgehead atoms. The molecule has 1 heterocycles. The smallest absolute Gasteiger partial charge is 0.511 e. The summed E-state index contributed by atoms with van der Waals surface area (Å²) in [6.07, 6.45) is -0.457. The van der Waals surface area contributed by atoms with E-state index in [9.17, 15) is 10.0 Å². The molecule has 1 N–H and O–H groups in total. The number of aliphatic hydroxyl groups excluding tert-OH is 1. The van der Waals surface area contributed by atoms with Gasteiger partial charge >= 0.3 is 6.16 Å². The molecular weight excluding hydrogens is 282 g/mol. The van der Waals surface area contributed by atoms with Crippen molar-refractivity contribution in [2.75, 3.05) is 13.2 Å². The second-order valence-electron chi connectivity index (χ2n) is 5.73. The minimum Gasteiger partial charge on any atom is -0.569 e. The van der Waals surface area contributed by atoms with Gasteiger partial charge in [0.05, 0.1) is 18.1 Å². The fourth-order valence-electron chi connectivity index (χ4n) is 1.82. The van der Waals surface area contributed by atoms with Crippen molar-refractivity contribution < 1.29 is 29.2 Å². The molecule has 0 aromatic carbocycles. The Morgan fingerprint density at radius 2 is 2.24 bits per heavy atom. The fourth-order valence-corrected chi connectivity index (χ4v) is 1.82. The van der Waals surface area contributed by atoms with Gasteiger partial charge in [0.15, 0.2) is 0 Å². The highest BCUT2D eigenvalue weighted by Crippen LogP contribution is 2.17. The normalized spacial score (nSPS) is 21.1. The number of nitrogens with zero attached hydrogens (tertiary/aromatic N) is 3. The van der Waals surface area contributed by atoms with E-state index in [1.165, 1.54) is 11.9 Å². The van der Waals surface area contributed by atoms with Gasteiger partial charge in [-0.15, -0.1) is 5.01 Å². The van der Waals surface area contributed by atoms with Crippen LogP contribution in [0.1, 0.15) is 40.5 Å². The molecule has 0 aromatic rings. The first-order valence-electron chi connectivity index (χ1n) is 6.84. The molecule has 9 nitrogen and oxygen atoms in total. The SMILES string of the molecule is CC(O/N=[N+](\[O-])N1CCC[C@H]1CO)OC(=O)OC(C)(C)C. The number of hydrazine groups is 1. The molecule has 21 heavy (non-hydrogen) atoms. The van der Waals surface area contributed by atoms with Crippen LogP contribution >= 0.6 is 0 Å². The van der Waals surface area contributed by atoms with E-state index in [0.717, 1.165) is 6.42 Å². The number of carbonyl (C=O) groups excluding carboxylic acids is 1. The van der Waals surface area contributed by atoms with E-state index in [-0.39, 0.29) is 17.6 Å². The van der Waals surface area contributed by atoms with E-state index in [4.69, 9.17) is 19.4 Å². The van der Waals surface area contributed by atoms with Crippen LogP contribution in [0.3, 0.4) is 0 Å². The second-order valence-corrected chi connectivity index (χ2v) is 5.73. The summed E-state index contributed by atoms with van der Waals surface area (Å²) in [7, 11) is 0. The zero-order valence-electron chi connectivity index (χ0n) is 12.8. The number of aliphatic hydroxyl groups is 1. The molecule has 0 radical (unpaired) electrons. The Morgan fingerprint density at radius 1 is 1.57 bits per heavy atom. The third-order valence-corrected chi connectivity index (χ3v) is 2.69. The molecule has 1 saturated heterocycles. The fraction of sp³-hybridized carbons (Fsp3) is 0.917. The number of hydrogen-bond acceptors (Lipinski definition) is 7. The third kappa shape index (κ3) is 6.03. The van der Waals surface area contributed by atoms with Gasteiger partial charge in [0.25, 0.3) is 6.29 Å². The zero-order valence-corrected chi connectivity index (χ0v) is 12.8. The summed E-state index contributed by atoms with van der Waals surface area (Å²) in [5, 5.41) is 25.5. The van der Waals surface area contributed by atoms with Crippen LogP contribution in [0, 0.1) is 5.21 Å². The average Bonchev–Trinajstić information content (AvgIpc) is 2.81. The summed E-state index contributed by atoms with van der Waals surface area (Å²) in [5.74, 6) is 0. The molecule has 0 aromatic heterocycles.